The fourth-order valence-corrected chi connectivity index (χ4v) is 7.55. The van der Waals surface area contributed by atoms with Crippen molar-refractivity contribution in [1.29, 1.82) is 0 Å². The van der Waals surface area contributed by atoms with Gasteiger partial charge in [0.05, 0.1) is 0 Å². The third kappa shape index (κ3) is 6.67. The maximum absolute atomic E-state index is 8.37. The molecule has 7 aromatic rings. The van der Waals surface area contributed by atoms with Crippen LogP contribution in [-0.2, 0) is 20.1 Å². The fraction of sp³-hybridized carbons (Fsp3) is 0.158. The van der Waals surface area contributed by atoms with Crippen molar-refractivity contribution < 1.29 is 25.9 Å². The number of rotatable bonds is 4. The van der Waals surface area contributed by atoms with Crippen LogP contribution in [0.5, 0.6) is 0 Å². The van der Waals surface area contributed by atoms with E-state index in [4.69, 9.17) is 5.79 Å². The van der Waals surface area contributed by atoms with E-state index in [1.165, 1.54) is 15.2 Å². The van der Waals surface area contributed by atoms with E-state index in [1.807, 2.05) is 74.5 Å². The van der Waals surface area contributed by atoms with Crippen LogP contribution >= 0.6 is 0 Å². The third-order valence-corrected chi connectivity index (χ3v) is 11.8. The zero-order valence-electron chi connectivity index (χ0n) is 26.0. The van der Waals surface area contributed by atoms with Gasteiger partial charge in [0, 0.05) is 27.7 Å². The quantitative estimate of drug-likeness (QED) is 0.132. The van der Waals surface area contributed by atoms with Crippen molar-refractivity contribution in [2.24, 2.45) is 0 Å². The van der Waals surface area contributed by atoms with Gasteiger partial charge in [0.2, 0.25) is 0 Å². The van der Waals surface area contributed by atoms with Gasteiger partial charge in [0.15, 0.2) is 0 Å². The molecule has 0 saturated carbocycles. The molecule has 0 N–H and O–H groups in total. The van der Waals surface area contributed by atoms with E-state index in [2.05, 4.69) is 75.8 Å². The van der Waals surface area contributed by atoms with Crippen molar-refractivity contribution in [1.82, 2.24) is 9.97 Å². The smallest absolute Gasteiger partial charge is 0.0160 e. The molecule has 3 aromatic heterocycles. The number of benzene rings is 4. The van der Waals surface area contributed by atoms with Crippen LogP contribution in [-0.4, -0.2) is 23.2 Å². The monoisotopic (exact) mass is 802 g/mol. The number of pyridine rings is 2. The van der Waals surface area contributed by atoms with Crippen molar-refractivity contribution in [2.75, 3.05) is 0 Å². The first-order valence-electron chi connectivity index (χ1n) is 14.7. The zero-order chi connectivity index (χ0) is 30.2. The summed E-state index contributed by atoms with van der Waals surface area (Å²) in [5.41, 5.74) is 6.24. The molecule has 0 atom stereocenters. The Morgan fingerprint density at radius 1 is 0.744 bits per heavy atom. The zero-order valence-corrected chi connectivity index (χ0v) is 29.5. The van der Waals surface area contributed by atoms with Crippen molar-refractivity contribution in [3.05, 3.63) is 127 Å². The minimum atomic E-state index is -1.90. The number of aromatic nitrogens is 2. The largest absolute Gasteiger partial charge is 0.305 e. The van der Waals surface area contributed by atoms with Crippen LogP contribution in [0.1, 0.15) is 26.7 Å². The van der Waals surface area contributed by atoms with E-state index in [1.54, 1.807) is 12.4 Å². The Labute approximate surface area is 271 Å². The number of furan rings is 1. The molecule has 7 rings (SSSR count). The summed E-state index contributed by atoms with van der Waals surface area (Å²) in [4.78, 5) is 8.79. The molecule has 3 nitrogen and oxygen atoms in total. The predicted molar refractivity (Wildman–Crippen MR) is 179 cm³/mol. The number of fused-ring (bicyclic) bond motifs is 4. The summed E-state index contributed by atoms with van der Waals surface area (Å²) in [6, 6.07) is 39.3. The molecule has 0 spiro atoms. The molecule has 1 radical (unpaired) electrons. The fourth-order valence-electron chi connectivity index (χ4n) is 5.09. The molecule has 0 aliphatic carbocycles. The van der Waals surface area contributed by atoms with E-state index in [9.17, 15) is 0 Å². The summed E-state index contributed by atoms with van der Waals surface area (Å²) >= 11 is -1.90. The van der Waals surface area contributed by atoms with Crippen molar-refractivity contribution >= 4 is 50.4 Å². The Bertz CT molecular complexity index is 2010. The van der Waals surface area contributed by atoms with Crippen molar-refractivity contribution in [3.8, 4) is 22.5 Å². The summed E-state index contributed by atoms with van der Waals surface area (Å²) in [6.07, 6.45) is 3.56. The van der Waals surface area contributed by atoms with E-state index >= 15 is 0 Å². The van der Waals surface area contributed by atoms with Gasteiger partial charge in [-0.05, 0) is 11.8 Å². The molecular formula is C38H34GeIrN2O-2. The maximum atomic E-state index is 8.37. The number of hydrogen-bond acceptors (Lipinski definition) is 3. The Morgan fingerprint density at radius 3 is 2.28 bits per heavy atom. The van der Waals surface area contributed by atoms with E-state index < -0.39 is 19.2 Å². The minimum absolute atomic E-state index is 0. The number of nitrogens with zero attached hydrogens (tertiary/aromatic N) is 2. The first-order valence-corrected chi connectivity index (χ1v) is 21.6. The normalized spacial score (nSPS) is 12.0. The molecule has 0 bridgehead atoms. The Morgan fingerprint density at radius 2 is 1.56 bits per heavy atom. The maximum Gasteiger partial charge on any atom is 0.0160 e. The topological polar surface area (TPSA) is 38.9 Å². The van der Waals surface area contributed by atoms with Gasteiger partial charge in [-0.25, -0.2) is 0 Å². The molecule has 4 aromatic carbocycles. The van der Waals surface area contributed by atoms with Crippen molar-refractivity contribution in [2.45, 2.75) is 37.0 Å². The summed E-state index contributed by atoms with van der Waals surface area (Å²) < 4.78 is 16.2. The van der Waals surface area contributed by atoms with Gasteiger partial charge in [0.1, 0.15) is 0 Å². The van der Waals surface area contributed by atoms with Crippen molar-refractivity contribution in [3.63, 3.8) is 0 Å². The van der Waals surface area contributed by atoms with Gasteiger partial charge in [-0.15, -0.1) is 35.9 Å². The first-order chi connectivity index (χ1) is 20.6. The van der Waals surface area contributed by atoms with Gasteiger partial charge in [-0.1, -0.05) is 26.0 Å². The molecule has 0 aliphatic rings. The first kappa shape index (κ1) is 29.5. The van der Waals surface area contributed by atoms with Gasteiger partial charge in [-0.2, -0.15) is 0 Å². The molecule has 5 heteroatoms. The standard InChI is InChI=1S/C27H26GeNO.C11H8N.Ir/c1-17(2)18-11-12-29-25(15-18)23-8-6-7-22-24-14-20-13-21(28(3,4)5)10-9-19(20)16-26(24)30-27(22)23;1-2-6-10(7-3-1)11-8-4-5-9-12-11;/h6-7,9-17H,1-5H3;1-6,8-9H;/q2*-1;/i17D;;. The van der Waals surface area contributed by atoms with Gasteiger partial charge in [0.25, 0.3) is 0 Å². The molecule has 3 heterocycles. The van der Waals surface area contributed by atoms with Gasteiger partial charge in [-0.3, -0.25) is 0 Å². The second-order valence-corrected chi connectivity index (χ2v) is 22.4. The van der Waals surface area contributed by atoms with E-state index in [0.717, 1.165) is 50.0 Å². The molecule has 0 unspecified atom stereocenters. The number of hydrogen-bond donors (Lipinski definition) is 0. The van der Waals surface area contributed by atoms with Crippen LogP contribution in [0.25, 0.3) is 55.2 Å². The summed E-state index contributed by atoms with van der Waals surface area (Å²) in [5.74, 6) is 6.59. The average Bonchev–Trinajstić information content (AvgIpc) is 3.37. The summed E-state index contributed by atoms with van der Waals surface area (Å²) in [6.45, 7) is 3.78. The van der Waals surface area contributed by atoms with Crippen LogP contribution in [0, 0.1) is 12.1 Å². The Hall–Kier alpha value is -3.57. The average molecular weight is 801 g/mol. The molecule has 0 saturated heterocycles. The minimum Gasteiger partial charge on any atom is -0.305 e. The third-order valence-electron chi connectivity index (χ3n) is 7.50. The molecule has 43 heavy (non-hydrogen) atoms. The summed E-state index contributed by atoms with van der Waals surface area (Å²) in [5, 5.41) is 4.65. The van der Waals surface area contributed by atoms with E-state index in [0.29, 0.717) is 0 Å². The van der Waals surface area contributed by atoms with Crippen LogP contribution in [0.2, 0.25) is 17.3 Å². The molecular weight excluding hydrogens is 765 g/mol. The molecule has 0 fully saturated rings. The van der Waals surface area contributed by atoms with Crippen LogP contribution in [0.4, 0.5) is 0 Å². The molecule has 0 aliphatic heterocycles. The Kier molecular flexibility index (Phi) is 8.90. The SMILES string of the molecule is [2H]C(C)(C)c1ccnc(-c2[c-]ccc3c2oc2cc4cc[c]([Ge]([CH3])([CH3])[CH3])cc4cc23)c1.[Ir].[c-]1ccccc1-c1ccccn1. The molecule has 217 valence electrons. The van der Waals surface area contributed by atoms with Gasteiger partial charge < -0.3 is 4.98 Å². The predicted octanol–water partition coefficient (Wildman–Crippen LogP) is 9.82. The van der Waals surface area contributed by atoms with Crippen LogP contribution in [0.3, 0.4) is 0 Å². The molecule has 0 amide bonds. The second-order valence-electron chi connectivity index (χ2n) is 11.8. The van der Waals surface area contributed by atoms with Crippen LogP contribution < -0.4 is 4.40 Å². The Balaban J connectivity index is 0.000000248. The van der Waals surface area contributed by atoms with Crippen LogP contribution in [0.15, 0.2) is 114 Å². The van der Waals surface area contributed by atoms with E-state index in [-0.39, 0.29) is 20.1 Å². The summed E-state index contributed by atoms with van der Waals surface area (Å²) in [7, 11) is 0. The second kappa shape index (κ2) is 13.0. The van der Waals surface area contributed by atoms with Gasteiger partial charge >= 0.3 is 167 Å².